The molecule has 1 N–H and O–H groups in total. The summed E-state index contributed by atoms with van der Waals surface area (Å²) in [6.07, 6.45) is 0. The zero-order chi connectivity index (χ0) is 22.1. The summed E-state index contributed by atoms with van der Waals surface area (Å²) in [6.45, 7) is 16.6. The fourth-order valence-electron chi connectivity index (χ4n) is 4.03. The number of hydrogen-bond acceptors (Lipinski definition) is 3. The average Bonchev–Trinajstić information content (AvgIpc) is 2.67. The first kappa shape index (κ1) is 22.4. The second kappa shape index (κ2) is 8.43. The first-order valence-corrected chi connectivity index (χ1v) is 10.9. The fraction of sp³-hybridized carbons (Fsp3) is 0.500. The minimum absolute atomic E-state index is 0.0605. The van der Waals surface area contributed by atoms with Crippen molar-refractivity contribution in [2.45, 2.75) is 58.9 Å². The quantitative estimate of drug-likeness (QED) is 0.782. The number of phenols is 1. The Morgan fingerprint density at radius 3 is 1.83 bits per heavy atom. The molecule has 0 saturated carbocycles. The number of aromatic hydroxyl groups is 1. The molecule has 4 heteroatoms. The number of benzene rings is 2. The molecule has 1 aliphatic heterocycles. The second-order valence-corrected chi connectivity index (χ2v) is 10.5. The van der Waals surface area contributed by atoms with E-state index >= 15 is 0 Å². The SMILES string of the molecule is CC(C)(C)c1cc(C(=O)N2CCN(Cc3ccccc3)CC2)cc(C(C)(C)C)c1O. The molecule has 1 fully saturated rings. The summed E-state index contributed by atoms with van der Waals surface area (Å²) in [5.74, 6) is 0.379. The number of hydrogen-bond donors (Lipinski definition) is 1. The predicted octanol–water partition coefficient (Wildman–Crippen LogP) is 4.95. The Morgan fingerprint density at radius 1 is 0.867 bits per heavy atom. The molecule has 0 aliphatic carbocycles. The maximum absolute atomic E-state index is 13.4. The second-order valence-electron chi connectivity index (χ2n) is 10.5. The monoisotopic (exact) mass is 408 g/mol. The van der Waals surface area contributed by atoms with Crippen molar-refractivity contribution >= 4 is 5.91 Å². The van der Waals surface area contributed by atoms with Gasteiger partial charge >= 0.3 is 0 Å². The fourth-order valence-corrected chi connectivity index (χ4v) is 4.03. The van der Waals surface area contributed by atoms with Gasteiger partial charge in [-0.25, -0.2) is 0 Å². The number of phenolic OH excluding ortho intramolecular Hbond substituents is 1. The van der Waals surface area contributed by atoms with Crippen molar-refractivity contribution in [3.8, 4) is 5.75 Å². The zero-order valence-corrected chi connectivity index (χ0v) is 19.3. The van der Waals surface area contributed by atoms with Crippen molar-refractivity contribution in [1.29, 1.82) is 0 Å². The van der Waals surface area contributed by atoms with Crippen LogP contribution in [0, 0.1) is 0 Å². The lowest BCUT2D eigenvalue weighted by Gasteiger charge is -2.35. The van der Waals surface area contributed by atoms with Gasteiger partial charge in [-0.05, 0) is 28.5 Å². The minimum atomic E-state index is -0.241. The van der Waals surface area contributed by atoms with E-state index in [-0.39, 0.29) is 16.7 Å². The van der Waals surface area contributed by atoms with E-state index in [4.69, 9.17) is 0 Å². The Balaban J connectivity index is 1.78. The van der Waals surface area contributed by atoms with Gasteiger partial charge in [-0.2, -0.15) is 0 Å². The number of piperazine rings is 1. The highest BCUT2D eigenvalue weighted by molar-refractivity contribution is 5.95. The Hall–Kier alpha value is -2.33. The molecule has 0 aromatic heterocycles. The number of amides is 1. The summed E-state index contributed by atoms with van der Waals surface area (Å²) in [7, 11) is 0. The number of rotatable bonds is 3. The average molecular weight is 409 g/mol. The van der Waals surface area contributed by atoms with Crippen molar-refractivity contribution in [2.24, 2.45) is 0 Å². The third-order valence-corrected chi connectivity index (χ3v) is 5.88. The molecule has 0 unspecified atom stereocenters. The third kappa shape index (κ3) is 5.04. The zero-order valence-electron chi connectivity index (χ0n) is 19.3. The van der Waals surface area contributed by atoms with Crippen molar-refractivity contribution in [3.05, 3.63) is 64.7 Å². The van der Waals surface area contributed by atoms with Crippen LogP contribution in [0.5, 0.6) is 5.75 Å². The van der Waals surface area contributed by atoms with Gasteiger partial charge in [0, 0.05) is 49.4 Å². The first-order chi connectivity index (χ1) is 14.0. The lowest BCUT2D eigenvalue weighted by Crippen LogP contribution is -2.48. The van der Waals surface area contributed by atoms with Gasteiger partial charge in [-0.1, -0.05) is 71.9 Å². The highest BCUT2D eigenvalue weighted by Gasteiger charge is 2.30. The molecule has 4 nitrogen and oxygen atoms in total. The molecular formula is C26H36N2O2. The van der Waals surface area contributed by atoms with Crippen LogP contribution in [0.1, 0.15) is 68.6 Å². The standard InChI is InChI=1S/C26H36N2O2/c1-25(2,3)21-16-20(17-22(23(21)29)26(4,5)6)24(30)28-14-12-27(13-15-28)18-19-10-8-7-9-11-19/h7-11,16-17,29H,12-15,18H2,1-6H3. The van der Waals surface area contributed by atoms with Crippen LogP contribution in [-0.2, 0) is 17.4 Å². The maximum atomic E-state index is 13.4. The molecule has 3 rings (SSSR count). The lowest BCUT2D eigenvalue weighted by molar-refractivity contribution is 0.0628. The Morgan fingerprint density at radius 2 is 1.37 bits per heavy atom. The van der Waals surface area contributed by atoms with Crippen LogP contribution in [0.3, 0.4) is 0 Å². The van der Waals surface area contributed by atoms with Crippen LogP contribution in [0.15, 0.2) is 42.5 Å². The van der Waals surface area contributed by atoms with E-state index in [1.165, 1.54) is 5.56 Å². The Kier molecular flexibility index (Phi) is 6.28. The van der Waals surface area contributed by atoms with Gasteiger partial charge in [0.2, 0.25) is 0 Å². The molecule has 30 heavy (non-hydrogen) atoms. The van der Waals surface area contributed by atoms with Gasteiger partial charge in [-0.15, -0.1) is 0 Å². The lowest BCUT2D eigenvalue weighted by atomic mass is 9.78. The Labute approximate surface area is 181 Å². The van der Waals surface area contributed by atoms with Gasteiger partial charge < -0.3 is 10.0 Å². The smallest absolute Gasteiger partial charge is 0.253 e. The predicted molar refractivity (Wildman–Crippen MR) is 123 cm³/mol. The van der Waals surface area contributed by atoms with Gasteiger partial charge in [-0.3, -0.25) is 9.69 Å². The van der Waals surface area contributed by atoms with E-state index < -0.39 is 0 Å². The van der Waals surface area contributed by atoms with Crippen LogP contribution in [0.2, 0.25) is 0 Å². The summed E-state index contributed by atoms with van der Waals surface area (Å²) < 4.78 is 0. The van der Waals surface area contributed by atoms with Crippen molar-refractivity contribution in [3.63, 3.8) is 0 Å². The van der Waals surface area contributed by atoms with Crippen LogP contribution >= 0.6 is 0 Å². The maximum Gasteiger partial charge on any atom is 0.253 e. The third-order valence-electron chi connectivity index (χ3n) is 5.88. The number of carbonyl (C=O) groups is 1. The minimum Gasteiger partial charge on any atom is -0.507 e. The van der Waals surface area contributed by atoms with E-state index in [1.807, 2.05) is 23.1 Å². The van der Waals surface area contributed by atoms with E-state index in [9.17, 15) is 9.90 Å². The summed E-state index contributed by atoms with van der Waals surface area (Å²) in [5.41, 5.74) is 3.17. The molecule has 0 bridgehead atoms. The first-order valence-electron chi connectivity index (χ1n) is 10.9. The van der Waals surface area contributed by atoms with Gasteiger partial charge in [0.15, 0.2) is 0 Å². The molecule has 1 aliphatic rings. The molecular weight excluding hydrogens is 372 g/mol. The van der Waals surface area contributed by atoms with E-state index in [0.717, 1.165) is 43.9 Å². The van der Waals surface area contributed by atoms with Crippen LogP contribution in [-0.4, -0.2) is 47.0 Å². The highest BCUT2D eigenvalue weighted by atomic mass is 16.3. The molecule has 1 heterocycles. The normalized spacial score (nSPS) is 16.0. The van der Waals surface area contributed by atoms with Gasteiger partial charge in [0.1, 0.15) is 5.75 Å². The van der Waals surface area contributed by atoms with E-state index in [0.29, 0.717) is 11.3 Å². The van der Waals surface area contributed by atoms with Crippen LogP contribution in [0.25, 0.3) is 0 Å². The van der Waals surface area contributed by atoms with Crippen LogP contribution in [0.4, 0.5) is 0 Å². The van der Waals surface area contributed by atoms with Gasteiger partial charge in [0.05, 0.1) is 0 Å². The molecule has 1 amide bonds. The summed E-state index contributed by atoms with van der Waals surface area (Å²) >= 11 is 0. The number of carbonyl (C=O) groups excluding carboxylic acids is 1. The van der Waals surface area contributed by atoms with Crippen molar-refractivity contribution in [2.75, 3.05) is 26.2 Å². The van der Waals surface area contributed by atoms with Crippen LogP contribution < -0.4 is 0 Å². The topological polar surface area (TPSA) is 43.8 Å². The Bertz CT molecular complexity index is 848. The summed E-state index contributed by atoms with van der Waals surface area (Å²) in [5, 5.41) is 10.9. The molecule has 162 valence electrons. The molecule has 2 aromatic rings. The van der Waals surface area contributed by atoms with E-state index in [1.54, 1.807) is 0 Å². The molecule has 0 radical (unpaired) electrons. The number of nitrogens with zero attached hydrogens (tertiary/aromatic N) is 2. The summed E-state index contributed by atoms with van der Waals surface area (Å²) in [6, 6.07) is 14.3. The molecule has 1 saturated heterocycles. The highest BCUT2D eigenvalue weighted by Crippen LogP contribution is 2.40. The van der Waals surface area contributed by atoms with Gasteiger partial charge in [0.25, 0.3) is 5.91 Å². The molecule has 0 spiro atoms. The van der Waals surface area contributed by atoms with Crippen molar-refractivity contribution in [1.82, 2.24) is 9.80 Å². The largest absolute Gasteiger partial charge is 0.507 e. The molecule has 2 aromatic carbocycles. The van der Waals surface area contributed by atoms with E-state index in [2.05, 4.69) is 70.7 Å². The van der Waals surface area contributed by atoms with Crippen molar-refractivity contribution < 1.29 is 9.90 Å². The summed E-state index contributed by atoms with van der Waals surface area (Å²) in [4.78, 5) is 17.7. The molecule has 0 atom stereocenters.